The lowest BCUT2D eigenvalue weighted by Gasteiger charge is -2.23. The molecule has 1 aliphatic heterocycles. The van der Waals surface area contributed by atoms with Crippen LogP contribution in [-0.2, 0) is 6.54 Å². The first-order valence-corrected chi connectivity index (χ1v) is 8.65. The van der Waals surface area contributed by atoms with Gasteiger partial charge < -0.3 is 10.2 Å². The molecule has 2 aliphatic rings. The van der Waals surface area contributed by atoms with Crippen LogP contribution in [0.5, 0.6) is 0 Å². The van der Waals surface area contributed by atoms with E-state index < -0.39 is 0 Å². The van der Waals surface area contributed by atoms with Crippen LogP contribution >= 0.6 is 0 Å². The maximum absolute atomic E-state index is 4.62. The Kier molecular flexibility index (Phi) is 4.79. The van der Waals surface area contributed by atoms with Crippen molar-refractivity contribution in [3.63, 3.8) is 0 Å². The van der Waals surface area contributed by atoms with E-state index in [1.54, 1.807) is 0 Å². The fourth-order valence-corrected chi connectivity index (χ4v) is 3.31. The summed E-state index contributed by atoms with van der Waals surface area (Å²) < 4.78 is 0. The quantitative estimate of drug-likeness (QED) is 0.897. The van der Waals surface area contributed by atoms with Gasteiger partial charge in [-0.3, -0.25) is 0 Å². The number of nitrogens with zero attached hydrogens (tertiary/aromatic N) is 2. The highest BCUT2D eigenvalue weighted by atomic mass is 15.2. The highest BCUT2D eigenvalue weighted by Crippen LogP contribution is 2.27. The Morgan fingerprint density at radius 2 is 2.10 bits per heavy atom. The zero-order chi connectivity index (χ0) is 14.7. The van der Waals surface area contributed by atoms with Crippen molar-refractivity contribution in [2.24, 2.45) is 11.8 Å². The highest BCUT2D eigenvalue weighted by molar-refractivity contribution is 5.41. The lowest BCUT2D eigenvalue weighted by molar-refractivity contribution is 0.351. The van der Waals surface area contributed by atoms with Gasteiger partial charge in [0.2, 0.25) is 0 Å². The minimum atomic E-state index is 0.770. The minimum Gasteiger partial charge on any atom is -0.357 e. The maximum atomic E-state index is 4.62. The van der Waals surface area contributed by atoms with E-state index in [1.807, 2.05) is 6.20 Å². The molecule has 116 valence electrons. The van der Waals surface area contributed by atoms with Crippen molar-refractivity contribution >= 4 is 5.82 Å². The van der Waals surface area contributed by atoms with Crippen LogP contribution in [-0.4, -0.2) is 24.1 Å². The molecule has 3 rings (SSSR count). The molecule has 0 radical (unpaired) electrons. The second-order valence-electron chi connectivity index (χ2n) is 7.10. The van der Waals surface area contributed by atoms with Crippen molar-refractivity contribution in [2.75, 3.05) is 18.0 Å². The van der Waals surface area contributed by atoms with E-state index in [1.165, 1.54) is 43.5 Å². The second kappa shape index (κ2) is 6.78. The van der Waals surface area contributed by atoms with E-state index >= 15 is 0 Å². The van der Waals surface area contributed by atoms with E-state index in [0.29, 0.717) is 0 Å². The van der Waals surface area contributed by atoms with Crippen LogP contribution in [0.3, 0.4) is 0 Å². The molecule has 0 bridgehead atoms. The van der Waals surface area contributed by atoms with Crippen LogP contribution in [0, 0.1) is 11.8 Å². The molecule has 0 amide bonds. The van der Waals surface area contributed by atoms with Crippen molar-refractivity contribution in [1.29, 1.82) is 0 Å². The Labute approximate surface area is 129 Å². The fourth-order valence-electron chi connectivity index (χ4n) is 3.31. The molecule has 1 aromatic rings. The van der Waals surface area contributed by atoms with Gasteiger partial charge in [0.05, 0.1) is 0 Å². The van der Waals surface area contributed by atoms with E-state index in [4.69, 9.17) is 0 Å². The van der Waals surface area contributed by atoms with Gasteiger partial charge in [0.15, 0.2) is 0 Å². The second-order valence-corrected chi connectivity index (χ2v) is 7.10. The molecule has 1 N–H and O–H groups in total. The summed E-state index contributed by atoms with van der Waals surface area (Å²) in [6, 6.07) is 5.20. The summed E-state index contributed by atoms with van der Waals surface area (Å²) in [5.74, 6) is 2.87. The molecular weight excluding hydrogens is 258 g/mol. The zero-order valence-corrected chi connectivity index (χ0v) is 13.5. The van der Waals surface area contributed by atoms with Crippen molar-refractivity contribution < 1.29 is 0 Å². The van der Waals surface area contributed by atoms with Gasteiger partial charge in [-0.15, -0.1) is 0 Å². The Bertz CT molecular complexity index is 454. The summed E-state index contributed by atoms with van der Waals surface area (Å²) in [6.07, 6.45) is 8.65. The summed E-state index contributed by atoms with van der Waals surface area (Å²) in [5.41, 5.74) is 1.37. The van der Waals surface area contributed by atoms with Crippen molar-refractivity contribution in [3.8, 4) is 0 Å². The first kappa shape index (κ1) is 14.8. The predicted octanol–water partition coefficient (Wildman–Crippen LogP) is 3.60. The zero-order valence-electron chi connectivity index (χ0n) is 13.5. The molecule has 0 spiro atoms. The molecule has 1 saturated heterocycles. The van der Waals surface area contributed by atoms with Crippen LogP contribution in [0.25, 0.3) is 0 Å². The van der Waals surface area contributed by atoms with Crippen molar-refractivity contribution in [3.05, 3.63) is 23.9 Å². The largest absolute Gasteiger partial charge is 0.357 e. The van der Waals surface area contributed by atoms with Gasteiger partial charge in [0, 0.05) is 31.9 Å². The van der Waals surface area contributed by atoms with E-state index in [0.717, 1.165) is 37.5 Å². The highest BCUT2D eigenvalue weighted by Gasteiger charge is 2.21. The summed E-state index contributed by atoms with van der Waals surface area (Å²) in [6.45, 7) is 8.04. The van der Waals surface area contributed by atoms with E-state index in [9.17, 15) is 0 Å². The maximum Gasteiger partial charge on any atom is 0.128 e. The molecule has 1 saturated carbocycles. The smallest absolute Gasteiger partial charge is 0.128 e. The number of hydrogen-bond acceptors (Lipinski definition) is 3. The molecule has 2 heterocycles. The third-order valence-electron chi connectivity index (χ3n) is 5.02. The Hall–Kier alpha value is -1.09. The molecule has 0 aromatic carbocycles. The molecule has 21 heavy (non-hydrogen) atoms. The topological polar surface area (TPSA) is 28.2 Å². The normalized spacial score (nSPS) is 23.4. The molecule has 1 aromatic heterocycles. The van der Waals surface area contributed by atoms with Crippen molar-refractivity contribution in [2.45, 2.75) is 58.5 Å². The lowest BCUT2D eigenvalue weighted by Crippen LogP contribution is -2.26. The number of rotatable bonds is 5. The first-order valence-electron chi connectivity index (χ1n) is 8.65. The SMILES string of the molecule is CC(C)C1CCCN(c2cc(CNC3CC3)ccn2)CC1. The van der Waals surface area contributed by atoms with Gasteiger partial charge in [-0.25, -0.2) is 4.98 Å². The molecule has 1 atom stereocenters. The predicted molar refractivity (Wildman–Crippen MR) is 88.5 cm³/mol. The molecule has 3 nitrogen and oxygen atoms in total. The third-order valence-corrected chi connectivity index (χ3v) is 5.02. The summed E-state index contributed by atoms with van der Waals surface area (Å²) >= 11 is 0. The van der Waals surface area contributed by atoms with Crippen LogP contribution in [0.1, 0.15) is 51.5 Å². The van der Waals surface area contributed by atoms with Gasteiger partial charge in [0.25, 0.3) is 0 Å². The van der Waals surface area contributed by atoms with Gasteiger partial charge >= 0.3 is 0 Å². The monoisotopic (exact) mass is 287 g/mol. The van der Waals surface area contributed by atoms with Gasteiger partial charge in [0.1, 0.15) is 5.82 Å². The van der Waals surface area contributed by atoms with E-state index in [2.05, 4.69) is 41.2 Å². The Morgan fingerprint density at radius 3 is 2.86 bits per heavy atom. The number of hydrogen-bond donors (Lipinski definition) is 1. The summed E-state index contributed by atoms with van der Waals surface area (Å²) in [4.78, 5) is 7.10. The summed E-state index contributed by atoms with van der Waals surface area (Å²) in [7, 11) is 0. The van der Waals surface area contributed by atoms with Crippen molar-refractivity contribution in [1.82, 2.24) is 10.3 Å². The Morgan fingerprint density at radius 1 is 1.24 bits per heavy atom. The van der Waals surface area contributed by atoms with Gasteiger partial charge in [-0.1, -0.05) is 13.8 Å². The Balaban J connectivity index is 1.61. The number of aromatic nitrogens is 1. The molecule has 2 fully saturated rings. The van der Waals surface area contributed by atoms with Crippen LogP contribution in [0.15, 0.2) is 18.3 Å². The van der Waals surface area contributed by atoms with Crippen LogP contribution in [0.4, 0.5) is 5.82 Å². The van der Waals surface area contributed by atoms with Gasteiger partial charge in [-0.2, -0.15) is 0 Å². The molecule has 1 unspecified atom stereocenters. The standard InChI is InChI=1S/C18H29N3/c1-14(2)16-4-3-10-21(11-8-16)18-12-15(7-9-19-18)13-20-17-5-6-17/h7,9,12,14,16-17,20H,3-6,8,10-11,13H2,1-2H3. The first-order chi connectivity index (χ1) is 10.2. The van der Waals surface area contributed by atoms with Crippen LogP contribution < -0.4 is 10.2 Å². The molecular formula is C18H29N3. The lowest BCUT2D eigenvalue weighted by atomic mass is 9.89. The summed E-state index contributed by atoms with van der Waals surface area (Å²) in [5, 5.41) is 3.59. The third kappa shape index (κ3) is 4.19. The van der Waals surface area contributed by atoms with Crippen LogP contribution in [0.2, 0.25) is 0 Å². The average molecular weight is 287 g/mol. The molecule has 1 aliphatic carbocycles. The van der Waals surface area contributed by atoms with E-state index in [-0.39, 0.29) is 0 Å². The average Bonchev–Trinajstić information content (AvgIpc) is 3.31. The van der Waals surface area contributed by atoms with Gasteiger partial charge in [-0.05, 0) is 61.6 Å². The number of nitrogens with one attached hydrogen (secondary N) is 1. The fraction of sp³-hybridized carbons (Fsp3) is 0.722. The number of anilines is 1. The number of pyridine rings is 1. The molecule has 3 heteroatoms. The minimum absolute atomic E-state index is 0.770.